The van der Waals surface area contributed by atoms with Crippen LogP contribution in [0.3, 0.4) is 0 Å². The molecule has 0 saturated heterocycles. The Balaban J connectivity index is 1.75. The van der Waals surface area contributed by atoms with Crippen LogP contribution in [0.25, 0.3) is 0 Å². The predicted octanol–water partition coefficient (Wildman–Crippen LogP) is 5.23. The molecule has 4 heteroatoms. The number of carbonyl (C=O) groups is 1. The summed E-state index contributed by atoms with van der Waals surface area (Å²) in [6.45, 7) is 8.22. The quantitative estimate of drug-likeness (QED) is 0.527. The fraction of sp³-hybridized carbons (Fsp3) is 0.444. The monoisotopic (exact) mass is 418 g/mol. The molecule has 0 radical (unpaired) electrons. The molecule has 0 spiro atoms. The van der Waals surface area contributed by atoms with Gasteiger partial charge in [-0.25, -0.2) is 4.79 Å². The van der Waals surface area contributed by atoms with E-state index in [0.29, 0.717) is 11.8 Å². The Morgan fingerprint density at radius 2 is 1.55 bits per heavy atom. The fourth-order valence-electron chi connectivity index (χ4n) is 7.79. The van der Waals surface area contributed by atoms with Crippen molar-refractivity contribution in [3.05, 3.63) is 72.3 Å². The second kappa shape index (κ2) is 6.62. The molecule has 0 heterocycles. The molecule has 4 fully saturated rings. The molecule has 4 nitrogen and oxygen atoms in total. The molecule has 4 bridgehead atoms. The van der Waals surface area contributed by atoms with Gasteiger partial charge in [0.05, 0.1) is 0 Å². The van der Waals surface area contributed by atoms with E-state index in [-0.39, 0.29) is 39.8 Å². The van der Waals surface area contributed by atoms with E-state index >= 15 is 0 Å². The average molecular weight is 419 g/mol. The summed E-state index contributed by atoms with van der Waals surface area (Å²) in [6.07, 6.45) is 5.16. The van der Waals surface area contributed by atoms with Gasteiger partial charge in [0, 0.05) is 22.3 Å². The summed E-state index contributed by atoms with van der Waals surface area (Å²) in [7, 11) is 0. The summed E-state index contributed by atoms with van der Waals surface area (Å²) in [4.78, 5) is 12.3. The zero-order valence-corrected chi connectivity index (χ0v) is 18.2. The Labute approximate surface area is 183 Å². The van der Waals surface area contributed by atoms with Crippen LogP contribution in [-0.2, 0) is 20.4 Å². The first-order valence-electron chi connectivity index (χ1n) is 11.2. The van der Waals surface area contributed by atoms with Gasteiger partial charge >= 0.3 is 5.97 Å². The van der Waals surface area contributed by atoms with E-state index in [4.69, 9.17) is 4.74 Å². The molecule has 0 aliphatic heterocycles. The maximum atomic E-state index is 12.3. The minimum atomic E-state index is -0.356. The van der Waals surface area contributed by atoms with Crippen molar-refractivity contribution < 1.29 is 19.7 Å². The smallest absolute Gasteiger partial charge is 0.330 e. The molecular formula is C27H30O4. The standard InChI is InChI=1S/C27H30O4/c1-4-23(30)31-24-18-13-17-14-25(24,2)26(3,19-5-9-21(28)10-6-19)27(15-17,16-18)20-7-11-22(29)12-8-20/h4-12,17-18,24,28-29H,1,13-16H2,2-3H3. The highest BCUT2D eigenvalue weighted by Gasteiger charge is 2.73. The van der Waals surface area contributed by atoms with Gasteiger partial charge in [-0.05, 0) is 72.9 Å². The second-order valence-electron chi connectivity index (χ2n) is 10.3. The topological polar surface area (TPSA) is 66.8 Å². The molecule has 4 aliphatic rings. The van der Waals surface area contributed by atoms with Gasteiger partial charge < -0.3 is 14.9 Å². The summed E-state index contributed by atoms with van der Waals surface area (Å²) in [6, 6.07) is 15.2. The SMILES string of the molecule is C=CC(=O)OC1C2CC3CC(c4ccc(O)cc4)(C2)C(C)(c2ccc(O)cc2)C1(C)C3. The highest BCUT2D eigenvalue weighted by Crippen LogP contribution is 2.74. The Morgan fingerprint density at radius 3 is 2.13 bits per heavy atom. The number of aromatic hydroxyl groups is 2. The summed E-state index contributed by atoms with van der Waals surface area (Å²) >= 11 is 0. The van der Waals surface area contributed by atoms with Crippen molar-refractivity contribution >= 4 is 5.97 Å². The molecule has 31 heavy (non-hydrogen) atoms. The molecule has 0 amide bonds. The Hall–Kier alpha value is -2.75. The molecule has 0 aromatic heterocycles. The Bertz CT molecular complexity index is 1030. The zero-order valence-electron chi connectivity index (χ0n) is 18.2. The largest absolute Gasteiger partial charge is 0.508 e. The third-order valence-electron chi connectivity index (χ3n) is 9.03. The molecule has 2 aromatic carbocycles. The van der Waals surface area contributed by atoms with Crippen LogP contribution >= 0.6 is 0 Å². The van der Waals surface area contributed by atoms with Crippen molar-refractivity contribution in [3.8, 4) is 11.5 Å². The summed E-state index contributed by atoms with van der Waals surface area (Å²) in [5.41, 5.74) is 1.64. The number of phenolic OH excluding ortho intramolecular Hbond substituents is 2. The molecule has 4 saturated carbocycles. The Kier molecular flexibility index (Phi) is 4.31. The van der Waals surface area contributed by atoms with Gasteiger partial charge in [-0.3, -0.25) is 0 Å². The zero-order chi connectivity index (χ0) is 22.0. The highest BCUT2D eigenvalue weighted by atomic mass is 16.5. The summed E-state index contributed by atoms with van der Waals surface area (Å²) < 4.78 is 6.07. The molecule has 4 aliphatic carbocycles. The van der Waals surface area contributed by atoms with Gasteiger partial charge in [0.25, 0.3) is 0 Å². The van der Waals surface area contributed by atoms with Crippen molar-refractivity contribution in [2.24, 2.45) is 17.3 Å². The van der Waals surface area contributed by atoms with Crippen LogP contribution in [-0.4, -0.2) is 22.3 Å². The number of hydrogen-bond donors (Lipinski definition) is 2. The molecule has 6 unspecified atom stereocenters. The highest BCUT2D eigenvalue weighted by molar-refractivity contribution is 5.81. The van der Waals surface area contributed by atoms with E-state index in [1.165, 1.54) is 11.6 Å². The van der Waals surface area contributed by atoms with Gasteiger partial charge in [-0.1, -0.05) is 44.7 Å². The lowest BCUT2D eigenvalue weighted by molar-refractivity contribution is -0.224. The van der Waals surface area contributed by atoms with Gasteiger partial charge in [-0.2, -0.15) is 0 Å². The van der Waals surface area contributed by atoms with Gasteiger partial charge in [0.15, 0.2) is 0 Å². The van der Waals surface area contributed by atoms with Crippen LogP contribution in [0.4, 0.5) is 0 Å². The third kappa shape index (κ3) is 2.57. The molecule has 2 aromatic rings. The first-order valence-corrected chi connectivity index (χ1v) is 11.2. The number of rotatable bonds is 4. The van der Waals surface area contributed by atoms with Crippen LogP contribution in [0.5, 0.6) is 11.5 Å². The number of phenols is 2. The van der Waals surface area contributed by atoms with Gasteiger partial charge in [0.1, 0.15) is 17.6 Å². The van der Waals surface area contributed by atoms with Crippen molar-refractivity contribution in [2.45, 2.75) is 56.5 Å². The van der Waals surface area contributed by atoms with E-state index < -0.39 is 0 Å². The number of hydrogen-bond acceptors (Lipinski definition) is 4. The van der Waals surface area contributed by atoms with Crippen molar-refractivity contribution in [3.63, 3.8) is 0 Å². The summed E-state index contributed by atoms with van der Waals surface area (Å²) in [5.74, 6) is 1.02. The maximum absolute atomic E-state index is 12.3. The molecular weight excluding hydrogens is 388 g/mol. The average Bonchev–Trinajstić information content (AvgIpc) is 2.75. The summed E-state index contributed by atoms with van der Waals surface area (Å²) in [5, 5.41) is 19.9. The number of carbonyl (C=O) groups excluding carboxylic acids is 1. The van der Waals surface area contributed by atoms with Crippen molar-refractivity contribution in [2.75, 3.05) is 0 Å². The first kappa shape index (κ1) is 20.2. The van der Waals surface area contributed by atoms with Crippen molar-refractivity contribution in [1.82, 2.24) is 0 Å². The number of ether oxygens (including phenoxy) is 1. The third-order valence-corrected chi connectivity index (χ3v) is 9.03. The molecule has 6 rings (SSSR count). The van der Waals surface area contributed by atoms with Crippen LogP contribution in [0.1, 0.15) is 50.7 Å². The van der Waals surface area contributed by atoms with Gasteiger partial charge in [0.2, 0.25) is 0 Å². The lowest BCUT2D eigenvalue weighted by atomic mass is 9.31. The van der Waals surface area contributed by atoms with E-state index in [9.17, 15) is 15.0 Å². The van der Waals surface area contributed by atoms with Crippen LogP contribution < -0.4 is 0 Å². The van der Waals surface area contributed by atoms with E-state index in [2.05, 4.69) is 32.6 Å². The van der Waals surface area contributed by atoms with E-state index in [0.717, 1.165) is 31.2 Å². The number of esters is 1. The molecule has 6 atom stereocenters. The van der Waals surface area contributed by atoms with E-state index in [1.807, 2.05) is 12.1 Å². The lowest BCUT2D eigenvalue weighted by Gasteiger charge is -2.73. The fourth-order valence-corrected chi connectivity index (χ4v) is 7.79. The maximum Gasteiger partial charge on any atom is 0.330 e. The van der Waals surface area contributed by atoms with Crippen LogP contribution in [0.15, 0.2) is 61.2 Å². The van der Waals surface area contributed by atoms with Crippen LogP contribution in [0, 0.1) is 17.3 Å². The molecule has 162 valence electrons. The number of benzene rings is 2. The molecule has 2 N–H and O–H groups in total. The normalized spacial score (nSPS) is 38.1. The minimum Gasteiger partial charge on any atom is -0.508 e. The lowest BCUT2D eigenvalue weighted by Crippen LogP contribution is -2.73. The van der Waals surface area contributed by atoms with Gasteiger partial charge in [-0.15, -0.1) is 0 Å². The van der Waals surface area contributed by atoms with Crippen LogP contribution in [0.2, 0.25) is 0 Å². The minimum absolute atomic E-state index is 0.144. The first-order chi connectivity index (χ1) is 14.7. The van der Waals surface area contributed by atoms with Crippen molar-refractivity contribution in [1.29, 1.82) is 0 Å². The second-order valence-corrected chi connectivity index (χ2v) is 10.3. The predicted molar refractivity (Wildman–Crippen MR) is 119 cm³/mol. The Morgan fingerprint density at radius 1 is 0.968 bits per heavy atom. The van der Waals surface area contributed by atoms with E-state index in [1.54, 1.807) is 24.3 Å².